The molecule has 2 atom stereocenters. The summed E-state index contributed by atoms with van der Waals surface area (Å²) in [6.07, 6.45) is 0.547. The zero-order valence-electron chi connectivity index (χ0n) is 15.2. The summed E-state index contributed by atoms with van der Waals surface area (Å²) in [6, 6.07) is 14.2. The van der Waals surface area contributed by atoms with E-state index < -0.39 is 11.9 Å². The van der Waals surface area contributed by atoms with Crippen molar-refractivity contribution in [1.29, 1.82) is 0 Å². The Bertz CT molecular complexity index is 821. The molecule has 2 N–H and O–H groups in total. The molecule has 142 valence electrons. The maximum atomic E-state index is 12.9. The second-order valence-electron chi connectivity index (χ2n) is 7.04. The Labute approximate surface area is 158 Å². The molecule has 0 radical (unpaired) electrons. The minimum absolute atomic E-state index is 0.0865. The molecule has 0 spiro atoms. The van der Waals surface area contributed by atoms with E-state index in [0.717, 1.165) is 5.56 Å². The lowest BCUT2D eigenvalue weighted by molar-refractivity contribution is -0.143. The Balaban J connectivity index is 1.75. The molecule has 6 heteroatoms. The monoisotopic (exact) mass is 369 g/mol. The molecule has 0 saturated carbocycles. The van der Waals surface area contributed by atoms with Gasteiger partial charge < -0.3 is 19.8 Å². The highest BCUT2D eigenvalue weighted by atomic mass is 16.5. The maximum Gasteiger partial charge on any atom is 0.308 e. The summed E-state index contributed by atoms with van der Waals surface area (Å²) in [5.41, 5.74) is 1.12. The Morgan fingerprint density at radius 2 is 1.89 bits per heavy atom. The highest BCUT2D eigenvalue weighted by Crippen LogP contribution is 2.28. The number of carbonyl (C=O) groups excluding carboxylic acids is 1. The maximum absolute atomic E-state index is 12.9. The van der Waals surface area contributed by atoms with Crippen LogP contribution in [-0.2, 0) is 11.4 Å². The summed E-state index contributed by atoms with van der Waals surface area (Å²) in [5, 5.41) is 19.4. The predicted molar refractivity (Wildman–Crippen MR) is 99.7 cm³/mol. The van der Waals surface area contributed by atoms with Crippen molar-refractivity contribution < 1.29 is 24.5 Å². The number of piperidine rings is 1. The normalized spacial score (nSPS) is 19.5. The van der Waals surface area contributed by atoms with Crippen LogP contribution < -0.4 is 4.74 Å². The molecule has 0 aliphatic carbocycles. The summed E-state index contributed by atoms with van der Waals surface area (Å²) < 4.78 is 5.73. The second-order valence-corrected chi connectivity index (χ2v) is 7.04. The molecule has 6 nitrogen and oxygen atoms in total. The lowest BCUT2D eigenvalue weighted by atomic mass is 9.90. The number of carboxylic acids is 1. The van der Waals surface area contributed by atoms with Crippen LogP contribution in [-0.4, -0.2) is 40.1 Å². The molecular formula is C21H23NO5. The summed E-state index contributed by atoms with van der Waals surface area (Å²) in [6.45, 7) is 2.89. The average Bonchev–Trinajstić information content (AvgIpc) is 2.67. The van der Waals surface area contributed by atoms with Gasteiger partial charge in [-0.05, 0) is 36.1 Å². The Morgan fingerprint density at radius 1 is 1.15 bits per heavy atom. The number of hydrogen-bond acceptors (Lipinski definition) is 4. The molecule has 27 heavy (non-hydrogen) atoms. The molecule has 2 aromatic carbocycles. The topological polar surface area (TPSA) is 87.1 Å². The summed E-state index contributed by atoms with van der Waals surface area (Å²) in [5.74, 6) is -1.45. The minimum Gasteiger partial charge on any atom is -0.507 e. The van der Waals surface area contributed by atoms with E-state index in [1.54, 1.807) is 6.07 Å². The number of hydrogen-bond donors (Lipinski definition) is 2. The van der Waals surface area contributed by atoms with Crippen molar-refractivity contribution >= 4 is 11.9 Å². The molecule has 1 aliphatic heterocycles. The van der Waals surface area contributed by atoms with E-state index >= 15 is 0 Å². The third-order valence-corrected chi connectivity index (χ3v) is 4.74. The first-order valence-corrected chi connectivity index (χ1v) is 8.96. The fraction of sp³-hybridized carbons (Fsp3) is 0.333. The van der Waals surface area contributed by atoms with Crippen molar-refractivity contribution in [1.82, 2.24) is 4.90 Å². The lowest BCUT2D eigenvalue weighted by Gasteiger charge is -2.34. The Hall–Kier alpha value is -3.02. The van der Waals surface area contributed by atoms with Crippen LogP contribution in [0, 0.1) is 11.8 Å². The van der Waals surface area contributed by atoms with Gasteiger partial charge in [-0.15, -0.1) is 0 Å². The van der Waals surface area contributed by atoms with Crippen LogP contribution in [0.2, 0.25) is 0 Å². The number of aliphatic carboxylic acids is 1. The van der Waals surface area contributed by atoms with Gasteiger partial charge in [0.25, 0.3) is 5.91 Å². The highest BCUT2D eigenvalue weighted by Gasteiger charge is 2.33. The van der Waals surface area contributed by atoms with E-state index in [9.17, 15) is 19.8 Å². The van der Waals surface area contributed by atoms with Gasteiger partial charge in [-0.1, -0.05) is 37.3 Å². The number of ether oxygens (including phenoxy) is 1. The number of carbonyl (C=O) groups is 2. The quantitative estimate of drug-likeness (QED) is 0.845. The minimum atomic E-state index is -0.900. The van der Waals surface area contributed by atoms with Gasteiger partial charge in [0.15, 0.2) is 0 Å². The predicted octanol–water partition coefficient (Wildman–Crippen LogP) is 3.15. The number of carboxylic acid groups (broad SMARTS) is 1. The molecule has 2 unspecified atom stereocenters. The van der Waals surface area contributed by atoms with Crippen LogP contribution in [0.1, 0.15) is 29.3 Å². The standard InChI is InChI=1S/C21H23NO5/c1-14-9-16(21(25)26)12-22(11-14)20(24)18-10-17(7-8-19(18)23)27-13-15-5-3-2-4-6-15/h2-8,10,14,16,23H,9,11-13H2,1H3,(H,25,26). The van der Waals surface area contributed by atoms with Crippen LogP contribution in [0.15, 0.2) is 48.5 Å². The van der Waals surface area contributed by atoms with Crippen molar-refractivity contribution in [2.75, 3.05) is 13.1 Å². The van der Waals surface area contributed by atoms with Gasteiger partial charge in [0.2, 0.25) is 0 Å². The van der Waals surface area contributed by atoms with Gasteiger partial charge in [0.05, 0.1) is 11.5 Å². The van der Waals surface area contributed by atoms with Gasteiger partial charge in [0.1, 0.15) is 18.1 Å². The number of phenols is 1. The van der Waals surface area contributed by atoms with Gasteiger partial charge in [-0.3, -0.25) is 9.59 Å². The number of phenolic OH excluding ortho intramolecular Hbond substituents is 1. The van der Waals surface area contributed by atoms with Gasteiger partial charge in [-0.2, -0.15) is 0 Å². The van der Waals surface area contributed by atoms with E-state index in [1.165, 1.54) is 17.0 Å². The number of likely N-dealkylation sites (tertiary alicyclic amines) is 1. The first kappa shape index (κ1) is 18.8. The van der Waals surface area contributed by atoms with Crippen molar-refractivity contribution in [3.8, 4) is 11.5 Å². The molecule has 0 bridgehead atoms. The van der Waals surface area contributed by atoms with Gasteiger partial charge >= 0.3 is 5.97 Å². The molecule has 1 amide bonds. The lowest BCUT2D eigenvalue weighted by Crippen LogP contribution is -2.45. The van der Waals surface area contributed by atoms with Crippen molar-refractivity contribution in [3.05, 3.63) is 59.7 Å². The number of amides is 1. The number of nitrogens with zero attached hydrogens (tertiary/aromatic N) is 1. The van der Waals surface area contributed by atoms with E-state index in [2.05, 4.69) is 0 Å². The van der Waals surface area contributed by atoms with E-state index in [4.69, 9.17) is 4.74 Å². The number of rotatable bonds is 5. The summed E-state index contributed by atoms with van der Waals surface area (Å²) in [4.78, 5) is 25.7. The molecular weight excluding hydrogens is 346 g/mol. The Morgan fingerprint density at radius 3 is 2.59 bits per heavy atom. The highest BCUT2D eigenvalue weighted by molar-refractivity contribution is 5.97. The zero-order valence-corrected chi connectivity index (χ0v) is 15.2. The molecule has 2 aromatic rings. The number of aromatic hydroxyl groups is 1. The first-order chi connectivity index (χ1) is 12.9. The average molecular weight is 369 g/mol. The molecule has 1 heterocycles. The SMILES string of the molecule is CC1CC(C(=O)O)CN(C(=O)c2cc(OCc3ccccc3)ccc2O)C1. The van der Waals surface area contributed by atoms with E-state index in [0.29, 0.717) is 25.3 Å². The molecule has 3 rings (SSSR count). The van der Waals surface area contributed by atoms with Crippen molar-refractivity contribution in [2.24, 2.45) is 11.8 Å². The van der Waals surface area contributed by atoms with Crippen molar-refractivity contribution in [2.45, 2.75) is 20.0 Å². The van der Waals surface area contributed by atoms with E-state index in [1.807, 2.05) is 37.3 Å². The fourth-order valence-corrected chi connectivity index (χ4v) is 3.38. The van der Waals surface area contributed by atoms with E-state index in [-0.39, 0.29) is 29.7 Å². The third-order valence-electron chi connectivity index (χ3n) is 4.74. The third kappa shape index (κ3) is 4.58. The van der Waals surface area contributed by atoms with Crippen LogP contribution in [0.5, 0.6) is 11.5 Å². The zero-order chi connectivity index (χ0) is 19.4. The van der Waals surface area contributed by atoms with Crippen LogP contribution in [0.25, 0.3) is 0 Å². The fourth-order valence-electron chi connectivity index (χ4n) is 3.38. The molecule has 1 aliphatic rings. The summed E-state index contributed by atoms with van der Waals surface area (Å²) in [7, 11) is 0. The summed E-state index contributed by atoms with van der Waals surface area (Å²) >= 11 is 0. The molecule has 1 saturated heterocycles. The largest absolute Gasteiger partial charge is 0.507 e. The first-order valence-electron chi connectivity index (χ1n) is 8.96. The smallest absolute Gasteiger partial charge is 0.308 e. The molecule has 1 fully saturated rings. The number of benzene rings is 2. The van der Waals surface area contributed by atoms with Crippen molar-refractivity contribution in [3.63, 3.8) is 0 Å². The Kier molecular flexibility index (Phi) is 5.64. The van der Waals surface area contributed by atoms with Gasteiger partial charge in [-0.25, -0.2) is 0 Å². The van der Waals surface area contributed by atoms with Crippen LogP contribution >= 0.6 is 0 Å². The van der Waals surface area contributed by atoms with Crippen LogP contribution in [0.3, 0.4) is 0 Å². The second kappa shape index (κ2) is 8.12. The van der Waals surface area contributed by atoms with Crippen LogP contribution in [0.4, 0.5) is 0 Å². The molecule has 0 aromatic heterocycles. The van der Waals surface area contributed by atoms with Gasteiger partial charge in [0, 0.05) is 13.1 Å².